The lowest BCUT2D eigenvalue weighted by Gasteiger charge is -2.36. The fraction of sp³-hybridized carbons (Fsp3) is 0.250. The number of benzene rings is 1. The number of hydrogen-bond donors (Lipinski definition) is 2. The number of hydrogen-bond acceptors (Lipinski definition) is 3. The summed E-state index contributed by atoms with van der Waals surface area (Å²) in [6, 6.07) is 11.9. The number of nitrogens with zero attached hydrogens (tertiary/aromatic N) is 1. The third kappa shape index (κ3) is 2.86. The minimum atomic E-state index is -1.04. The molecule has 1 heterocycles. The maximum absolute atomic E-state index is 13.7. The van der Waals surface area contributed by atoms with Gasteiger partial charge in [0.1, 0.15) is 11.6 Å². The molecule has 0 saturated heterocycles. The largest absolute Gasteiger partial charge is 0.477 e. The zero-order valence-corrected chi connectivity index (χ0v) is 11.3. The van der Waals surface area contributed by atoms with Crippen molar-refractivity contribution in [3.63, 3.8) is 0 Å². The lowest BCUT2D eigenvalue weighted by Crippen LogP contribution is -2.34. The van der Waals surface area contributed by atoms with Gasteiger partial charge in [0, 0.05) is 6.04 Å². The molecule has 4 nitrogen and oxygen atoms in total. The standard InChI is InChI=1S/C16H15FN2O2/c17-13-5-2-1-4-12(13)10-8-11(9-10)18-15-7-3-6-14(19-15)16(20)21/h1-7,10-11H,8-9H2,(H,18,19)(H,20,21). The van der Waals surface area contributed by atoms with Gasteiger partial charge >= 0.3 is 5.97 Å². The molecule has 0 unspecified atom stereocenters. The monoisotopic (exact) mass is 286 g/mol. The smallest absolute Gasteiger partial charge is 0.354 e. The molecule has 5 heteroatoms. The first-order valence-corrected chi connectivity index (χ1v) is 6.85. The van der Waals surface area contributed by atoms with Gasteiger partial charge in [0.05, 0.1) is 0 Å². The summed E-state index contributed by atoms with van der Waals surface area (Å²) >= 11 is 0. The Morgan fingerprint density at radius 1 is 1.19 bits per heavy atom. The summed E-state index contributed by atoms with van der Waals surface area (Å²) in [6.07, 6.45) is 1.64. The van der Waals surface area contributed by atoms with E-state index in [2.05, 4.69) is 10.3 Å². The van der Waals surface area contributed by atoms with Crippen molar-refractivity contribution in [1.82, 2.24) is 4.98 Å². The molecule has 0 spiro atoms. The Hall–Kier alpha value is -2.43. The minimum absolute atomic E-state index is 0.0185. The van der Waals surface area contributed by atoms with Crippen molar-refractivity contribution < 1.29 is 14.3 Å². The van der Waals surface area contributed by atoms with E-state index in [-0.39, 0.29) is 23.5 Å². The summed E-state index contributed by atoms with van der Waals surface area (Å²) in [5, 5.41) is 12.1. The van der Waals surface area contributed by atoms with E-state index in [9.17, 15) is 9.18 Å². The highest BCUT2D eigenvalue weighted by Crippen LogP contribution is 2.39. The highest BCUT2D eigenvalue weighted by atomic mass is 19.1. The molecular formula is C16H15FN2O2. The van der Waals surface area contributed by atoms with Gasteiger partial charge in [0.2, 0.25) is 0 Å². The van der Waals surface area contributed by atoms with Crippen molar-refractivity contribution in [1.29, 1.82) is 0 Å². The lowest BCUT2D eigenvalue weighted by molar-refractivity contribution is 0.0690. The molecule has 0 amide bonds. The van der Waals surface area contributed by atoms with Gasteiger partial charge in [-0.2, -0.15) is 0 Å². The highest BCUT2D eigenvalue weighted by Gasteiger charge is 2.32. The summed E-state index contributed by atoms with van der Waals surface area (Å²) in [5.41, 5.74) is 0.771. The summed E-state index contributed by atoms with van der Waals surface area (Å²) < 4.78 is 13.7. The number of aromatic nitrogens is 1. The van der Waals surface area contributed by atoms with Crippen LogP contribution in [0.25, 0.3) is 0 Å². The summed E-state index contributed by atoms with van der Waals surface area (Å²) in [7, 11) is 0. The number of carbonyl (C=O) groups is 1. The second-order valence-electron chi connectivity index (χ2n) is 5.24. The molecule has 0 bridgehead atoms. The van der Waals surface area contributed by atoms with E-state index in [4.69, 9.17) is 5.11 Å². The number of halogens is 1. The first-order valence-electron chi connectivity index (χ1n) is 6.85. The molecule has 0 radical (unpaired) electrons. The number of carboxylic acid groups (broad SMARTS) is 1. The van der Waals surface area contributed by atoms with E-state index in [1.54, 1.807) is 18.2 Å². The Morgan fingerprint density at radius 2 is 1.95 bits per heavy atom. The normalized spacial score (nSPS) is 20.6. The van der Waals surface area contributed by atoms with E-state index in [1.165, 1.54) is 12.1 Å². The lowest BCUT2D eigenvalue weighted by atomic mass is 9.75. The van der Waals surface area contributed by atoms with Crippen LogP contribution in [0.3, 0.4) is 0 Å². The third-order valence-electron chi connectivity index (χ3n) is 3.80. The zero-order valence-electron chi connectivity index (χ0n) is 11.3. The van der Waals surface area contributed by atoms with Gasteiger partial charge in [-0.05, 0) is 42.5 Å². The van der Waals surface area contributed by atoms with Crippen molar-refractivity contribution in [3.05, 3.63) is 59.5 Å². The minimum Gasteiger partial charge on any atom is -0.477 e. The predicted molar refractivity (Wildman–Crippen MR) is 77.0 cm³/mol. The van der Waals surface area contributed by atoms with Crippen LogP contribution < -0.4 is 5.32 Å². The topological polar surface area (TPSA) is 62.2 Å². The van der Waals surface area contributed by atoms with Crippen LogP contribution in [-0.4, -0.2) is 22.1 Å². The van der Waals surface area contributed by atoms with Crippen LogP contribution in [0.4, 0.5) is 10.2 Å². The Bertz CT molecular complexity index is 669. The molecule has 108 valence electrons. The summed E-state index contributed by atoms with van der Waals surface area (Å²) in [4.78, 5) is 14.9. The number of aromatic carboxylic acids is 1. The molecule has 2 N–H and O–H groups in total. The fourth-order valence-electron chi connectivity index (χ4n) is 2.64. The van der Waals surface area contributed by atoms with Crippen molar-refractivity contribution in [2.24, 2.45) is 0 Å². The van der Waals surface area contributed by atoms with Gasteiger partial charge in [-0.1, -0.05) is 24.3 Å². The number of pyridine rings is 1. The Labute approximate surface area is 121 Å². The first kappa shape index (κ1) is 13.5. The van der Waals surface area contributed by atoms with Gasteiger partial charge in [0.15, 0.2) is 5.69 Å². The van der Waals surface area contributed by atoms with Crippen LogP contribution in [0.2, 0.25) is 0 Å². The van der Waals surface area contributed by atoms with Gasteiger partial charge in [-0.25, -0.2) is 14.2 Å². The molecule has 3 rings (SSSR count). The van der Waals surface area contributed by atoms with Crippen molar-refractivity contribution >= 4 is 11.8 Å². The van der Waals surface area contributed by atoms with Crippen molar-refractivity contribution in [3.8, 4) is 0 Å². The van der Waals surface area contributed by atoms with E-state index in [1.807, 2.05) is 12.1 Å². The molecule has 1 aliphatic carbocycles. The number of rotatable bonds is 4. The molecule has 0 atom stereocenters. The molecule has 2 aromatic rings. The Kier molecular flexibility index (Phi) is 3.56. The third-order valence-corrected chi connectivity index (χ3v) is 3.80. The Balaban J connectivity index is 1.61. The fourth-order valence-corrected chi connectivity index (χ4v) is 2.64. The molecular weight excluding hydrogens is 271 g/mol. The van der Waals surface area contributed by atoms with E-state index in [0.29, 0.717) is 5.82 Å². The predicted octanol–water partition coefficient (Wildman–Crippen LogP) is 3.28. The van der Waals surface area contributed by atoms with Crippen LogP contribution >= 0.6 is 0 Å². The molecule has 0 aliphatic heterocycles. The SMILES string of the molecule is O=C(O)c1cccc(NC2CC(c3ccccc3F)C2)n1. The molecule has 1 aliphatic rings. The van der Waals surface area contributed by atoms with Crippen molar-refractivity contribution in [2.75, 3.05) is 5.32 Å². The van der Waals surface area contributed by atoms with Crippen molar-refractivity contribution in [2.45, 2.75) is 24.8 Å². The molecule has 1 aromatic carbocycles. The van der Waals surface area contributed by atoms with Crippen LogP contribution in [0.15, 0.2) is 42.5 Å². The van der Waals surface area contributed by atoms with Crippen LogP contribution in [0, 0.1) is 5.82 Å². The maximum atomic E-state index is 13.7. The number of carboxylic acids is 1. The van der Waals surface area contributed by atoms with Gasteiger partial charge in [-0.15, -0.1) is 0 Å². The van der Waals surface area contributed by atoms with Crippen LogP contribution in [-0.2, 0) is 0 Å². The van der Waals surface area contributed by atoms with Crippen LogP contribution in [0.5, 0.6) is 0 Å². The van der Waals surface area contributed by atoms with Gasteiger partial charge in [0.25, 0.3) is 0 Å². The van der Waals surface area contributed by atoms with E-state index < -0.39 is 5.97 Å². The van der Waals surface area contributed by atoms with Gasteiger partial charge < -0.3 is 10.4 Å². The average Bonchev–Trinajstić information content (AvgIpc) is 2.44. The average molecular weight is 286 g/mol. The highest BCUT2D eigenvalue weighted by molar-refractivity contribution is 5.85. The summed E-state index contributed by atoms with van der Waals surface area (Å²) in [5.74, 6) is -0.443. The molecule has 1 fully saturated rings. The Morgan fingerprint density at radius 3 is 2.67 bits per heavy atom. The maximum Gasteiger partial charge on any atom is 0.354 e. The number of nitrogens with one attached hydrogen (secondary N) is 1. The molecule has 1 aromatic heterocycles. The molecule has 1 saturated carbocycles. The second kappa shape index (κ2) is 5.52. The number of anilines is 1. The summed E-state index contributed by atoms with van der Waals surface area (Å²) in [6.45, 7) is 0. The van der Waals surface area contributed by atoms with E-state index in [0.717, 1.165) is 18.4 Å². The quantitative estimate of drug-likeness (QED) is 0.905. The zero-order chi connectivity index (χ0) is 14.8. The second-order valence-corrected chi connectivity index (χ2v) is 5.24. The molecule has 21 heavy (non-hydrogen) atoms. The van der Waals surface area contributed by atoms with Gasteiger partial charge in [-0.3, -0.25) is 0 Å². The first-order chi connectivity index (χ1) is 10.1. The van der Waals surface area contributed by atoms with Crippen LogP contribution in [0.1, 0.15) is 34.8 Å². The van der Waals surface area contributed by atoms with E-state index >= 15 is 0 Å².